The van der Waals surface area contributed by atoms with Gasteiger partial charge in [0.1, 0.15) is 23.7 Å². The maximum absolute atomic E-state index is 12.1. The summed E-state index contributed by atoms with van der Waals surface area (Å²) in [4.78, 5) is 39.0. The van der Waals surface area contributed by atoms with Gasteiger partial charge in [0, 0.05) is 6.26 Å². The highest BCUT2D eigenvalue weighted by Crippen LogP contribution is 2.16. The summed E-state index contributed by atoms with van der Waals surface area (Å²) >= 11 is 0. The lowest BCUT2D eigenvalue weighted by atomic mass is 10.3. The Balaban J connectivity index is 1.99. The van der Waals surface area contributed by atoms with Crippen LogP contribution in [0.5, 0.6) is 5.75 Å². The van der Waals surface area contributed by atoms with E-state index >= 15 is 0 Å². The van der Waals surface area contributed by atoms with Crippen LogP contribution in [0.1, 0.15) is 17.4 Å². The average Bonchev–Trinajstić information content (AvgIpc) is 2.55. The number of hydrogen-bond donors (Lipinski definition) is 4. The van der Waals surface area contributed by atoms with Gasteiger partial charge in [-0.1, -0.05) is 0 Å². The topological polar surface area (TPSA) is 164 Å². The molecule has 2 aromatic rings. The van der Waals surface area contributed by atoms with Crippen molar-refractivity contribution in [2.75, 3.05) is 18.6 Å². The maximum atomic E-state index is 12.1. The third kappa shape index (κ3) is 4.72. The van der Waals surface area contributed by atoms with Gasteiger partial charge in [0.25, 0.3) is 11.5 Å². The molecule has 1 amide bonds. The lowest BCUT2D eigenvalue weighted by Crippen LogP contribution is -2.40. The second-order valence-corrected chi connectivity index (χ2v) is 7.64. The Morgan fingerprint density at radius 3 is 2.42 bits per heavy atom. The van der Waals surface area contributed by atoms with Crippen LogP contribution in [0.2, 0.25) is 0 Å². The number of carbonyl (C=O) groups is 1. The minimum absolute atomic E-state index is 0.0668. The van der Waals surface area contributed by atoms with Crippen LogP contribution in [0.15, 0.2) is 38.8 Å². The summed E-state index contributed by atoms with van der Waals surface area (Å²) in [6.45, 7) is 1.71. The van der Waals surface area contributed by atoms with Crippen LogP contribution in [0.4, 0.5) is 5.69 Å². The van der Waals surface area contributed by atoms with E-state index in [0.29, 0.717) is 5.75 Å². The van der Waals surface area contributed by atoms with Gasteiger partial charge in [0.15, 0.2) is 9.84 Å². The summed E-state index contributed by atoms with van der Waals surface area (Å²) < 4.78 is 28.3. The van der Waals surface area contributed by atoms with Gasteiger partial charge in [0.05, 0.1) is 10.9 Å². The number of nitrogens with two attached hydrogens (primary N) is 1. The SMILES string of the molecule is C[C@H](COc1ccc(S(C)(=O)=O)cc1)NC(=O)c1[nH]c(=O)[nH]c(=O)c1N. The molecule has 0 aliphatic heterocycles. The third-order valence-corrected chi connectivity index (χ3v) is 4.46. The minimum atomic E-state index is -3.29. The van der Waals surface area contributed by atoms with Crippen LogP contribution >= 0.6 is 0 Å². The first-order chi connectivity index (χ1) is 12.1. The molecule has 0 radical (unpaired) electrons. The summed E-state index contributed by atoms with van der Waals surface area (Å²) in [7, 11) is -3.29. The van der Waals surface area contributed by atoms with Crippen LogP contribution in [0, 0.1) is 0 Å². The summed E-state index contributed by atoms with van der Waals surface area (Å²) in [5.74, 6) is -0.309. The fourth-order valence-corrected chi connectivity index (χ4v) is 2.65. The second kappa shape index (κ2) is 7.44. The first-order valence-electron chi connectivity index (χ1n) is 7.44. The van der Waals surface area contributed by atoms with Crippen molar-refractivity contribution in [3.05, 3.63) is 50.8 Å². The Kier molecular flexibility index (Phi) is 5.50. The van der Waals surface area contributed by atoms with Crippen LogP contribution < -0.4 is 27.0 Å². The summed E-state index contributed by atoms with van der Waals surface area (Å²) in [6, 6.07) is 5.33. The van der Waals surface area contributed by atoms with Crippen molar-refractivity contribution in [2.45, 2.75) is 17.9 Å². The Bertz CT molecular complexity index is 1020. The zero-order valence-electron chi connectivity index (χ0n) is 14.0. The fraction of sp³-hybridized carbons (Fsp3) is 0.267. The smallest absolute Gasteiger partial charge is 0.326 e. The highest BCUT2D eigenvalue weighted by molar-refractivity contribution is 7.90. The Labute approximate surface area is 148 Å². The Morgan fingerprint density at radius 1 is 1.23 bits per heavy atom. The molecule has 1 heterocycles. The Hall–Kier alpha value is -3.08. The van der Waals surface area contributed by atoms with Gasteiger partial charge in [-0.15, -0.1) is 0 Å². The quantitative estimate of drug-likeness (QED) is 0.510. The van der Waals surface area contributed by atoms with Crippen LogP contribution in [-0.4, -0.2) is 43.2 Å². The number of sulfone groups is 1. The average molecular weight is 382 g/mol. The number of rotatable bonds is 6. The van der Waals surface area contributed by atoms with Gasteiger partial charge in [-0.3, -0.25) is 14.6 Å². The lowest BCUT2D eigenvalue weighted by molar-refractivity contribution is 0.0922. The molecule has 0 aliphatic rings. The number of ether oxygens (including phenoxy) is 1. The molecule has 1 atom stereocenters. The molecule has 1 aromatic carbocycles. The number of nitrogen functional groups attached to an aromatic ring is 1. The minimum Gasteiger partial charge on any atom is -0.491 e. The molecule has 0 unspecified atom stereocenters. The van der Waals surface area contributed by atoms with E-state index in [1.165, 1.54) is 24.3 Å². The van der Waals surface area contributed by atoms with Gasteiger partial charge in [0.2, 0.25) is 0 Å². The molecule has 0 saturated carbocycles. The van der Waals surface area contributed by atoms with Gasteiger partial charge >= 0.3 is 5.69 Å². The molecule has 0 aliphatic carbocycles. The molecule has 0 bridgehead atoms. The predicted octanol–water partition coefficient (Wildman–Crippen LogP) is -0.754. The lowest BCUT2D eigenvalue weighted by Gasteiger charge is -2.15. The number of benzene rings is 1. The van der Waals surface area contributed by atoms with E-state index in [9.17, 15) is 22.8 Å². The van der Waals surface area contributed by atoms with Gasteiger partial charge in [-0.2, -0.15) is 0 Å². The molecule has 0 spiro atoms. The third-order valence-electron chi connectivity index (χ3n) is 3.34. The van der Waals surface area contributed by atoms with E-state index in [1.54, 1.807) is 6.92 Å². The number of carbonyl (C=O) groups excluding carboxylic acids is 1. The van der Waals surface area contributed by atoms with E-state index in [-0.39, 0.29) is 17.2 Å². The van der Waals surface area contributed by atoms with Crippen molar-refractivity contribution in [2.24, 2.45) is 0 Å². The molecule has 11 heteroatoms. The van der Waals surface area contributed by atoms with E-state index in [0.717, 1.165) is 6.26 Å². The van der Waals surface area contributed by atoms with Crippen LogP contribution in [-0.2, 0) is 9.84 Å². The number of aromatic amines is 2. The highest BCUT2D eigenvalue weighted by Gasteiger charge is 2.16. The summed E-state index contributed by atoms with van der Waals surface area (Å²) in [6.07, 6.45) is 1.10. The first-order valence-corrected chi connectivity index (χ1v) is 9.33. The van der Waals surface area contributed by atoms with Gasteiger partial charge in [-0.25, -0.2) is 13.2 Å². The number of aromatic nitrogens is 2. The van der Waals surface area contributed by atoms with E-state index in [4.69, 9.17) is 10.5 Å². The normalized spacial score (nSPS) is 12.4. The number of hydrogen-bond acceptors (Lipinski definition) is 7. The van der Waals surface area contributed by atoms with Crippen molar-refractivity contribution in [1.29, 1.82) is 0 Å². The second-order valence-electron chi connectivity index (χ2n) is 5.63. The first kappa shape index (κ1) is 19.2. The van der Waals surface area contributed by atoms with Crippen molar-refractivity contribution >= 4 is 21.4 Å². The number of H-pyrrole nitrogens is 2. The molecule has 0 fully saturated rings. The van der Waals surface area contributed by atoms with Crippen molar-refractivity contribution in [1.82, 2.24) is 15.3 Å². The number of amides is 1. The molecular formula is C15H18N4O6S. The number of anilines is 1. The number of nitrogens with one attached hydrogen (secondary N) is 3. The van der Waals surface area contributed by atoms with E-state index in [1.807, 2.05) is 4.98 Å². The maximum Gasteiger partial charge on any atom is 0.326 e. The molecule has 10 nitrogen and oxygen atoms in total. The molecule has 2 rings (SSSR count). The van der Waals surface area contributed by atoms with E-state index in [2.05, 4.69) is 10.3 Å². The van der Waals surface area contributed by atoms with Crippen LogP contribution in [0.25, 0.3) is 0 Å². The molecular weight excluding hydrogens is 364 g/mol. The fourth-order valence-electron chi connectivity index (χ4n) is 2.02. The largest absolute Gasteiger partial charge is 0.491 e. The Morgan fingerprint density at radius 2 is 1.85 bits per heavy atom. The van der Waals surface area contributed by atoms with Gasteiger partial charge in [-0.05, 0) is 31.2 Å². The van der Waals surface area contributed by atoms with Crippen molar-refractivity contribution in [3.63, 3.8) is 0 Å². The van der Waals surface area contributed by atoms with Crippen LogP contribution in [0.3, 0.4) is 0 Å². The van der Waals surface area contributed by atoms with Crippen molar-refractivity contribution in [3.8, 4) is 5.75 Å². The zero-order chi connectivity index (χ0) is 19.5. The highest BCUT2D eigenvalue weighted by atomic mass is 32.2. The molecule has 26 heavy (non-hydrogen) atoms. The summed E-state index contributed by atoms with van der Waals surface area (Å²) in [5, 5.41) is 2.53. The van der Waals surface area contributed by atoms with E-state index < -0.39 is 38.7 Å². The molecule has 5 N–H and O–H groups in total. The predicted molar refractivity (Wildman–Crippen MR) is 94.1 cm³/mol. The zero-order valence-corrected chi connectivity index (χ0v) is 14.8. The standard InChI is InChI=1S/C15H18N4O6S/c1-8(7-25-9-3-5-10(6-4-9)26(2,23)24)17-14(21)12-11(16)13(20)19-15(22)18-12/h3-6,8H,7,16H2,1-2H3,(H,17,21)(H2,18,19,20,22)/t8-/m1/s1. The molecule has 140 valence electrons. The molecule has 0 saturated heterocycles. The van der Waals surface area contributed by atoms with Gasteiger partial charge < -0.3 is 20.8 Å². The molecule has 1 aromatic heterocycles. The van der Waals surface area contributed by atoms with Crippen molar-refractivity contribution < 1.29 is 17.9 Å². The summed E-state index contributed by atoms with van der Waals surface area (Å²) in [5.41, 5.74) is 3.06. The monoisotopic (exact) mass is 382 g/mol.